The maximum absolute atomic E-state index is 11.3. The molecule has 0 unspecified atom stereocenters. The summed E-state index contributed by atoms with van der Waals surface area (Å²) < 4.78 is 1.73. The van der Waals surface area contributed by atoms with E-state index in [2.05, 4.69) is 16.4 Å². The van der Waals surface area contributed by atoms with Crippen molar-refractivity contribution in [1.29, 1.82) is 0 Å². The number of aromatic nitrogens is 3. The number of hydrogen-bond donors (Lipinski definition) is 1. The average molecular weight is 285 g/mol. The fraction of sp³-hybridized carbons (Fsp3) is 0.438. The lowest BCUT2D eigenvalue weighted by molar-refractivity contribution is 0.0689. The van der Waals surface area contributed by atoms with Crippen LogP contribution in [0.4, 0.5) is 0 Å². The zero-order valence-corrected chi connectivity index (χ0v) is 12.2. The molecule has 5 nitrogen and oxygen atoms in total. The van der Waals surface area contributed by atoms with E-state index < -0.39 is 5.97 Å². The van der Waals surface area contributed by atoms with E-state index in [0.29, 0.717) is 12.1 Å². The van der Waals surface area contributed by atoms with Gasteiger partial charge < -0.3 is 5.11 Å². The van der Waals surface area contributed by atoms with E-state index in [1.165, 1.54) is 24.0 Å². The van der Waals surface area contributed by atoms with Crippen LogP contribution >= 0.6 is 0 Å². The van der Waals surface area contributed by atoms with Crippen LogP contribution in [-0.2, 0) is 19.3 Å². The number of hydrogen-bond acceptors (Lipinski definition) is 3. The van der Waals surface area contributed by atoms with Crippen LogP contribution in [0.25, 0.3) is 5.69 Å². The summed E-state index contributed by atoms with van der Waals surface area (Å²) in [6.07, 6.45) is 6.04. The van der Waals surface area contributed by atoms with E-state index in [1.807, 2.05) is 19.1 Å². The highest BCUT2D eigenvalue weighted by molar-refractivity contribution is 5.86. The standard InChI is InChI=1S/C16H19N3O2/c1-2-6-14-15(16(20)21)17-18-19(14)13-10-5-8-11-7-3-4-9-12(11)13/h5,8,10H,2-4,6-7,9H2,1H3,(H,20,21). The quantitative estimate of drug-likeness (QED) is 0.938. The normalized spacial score (nSPS) is 14.0. The molecule has 1 aromatic heterocycles. The van der Waals surface area contributed by atoms with Crippen LogP contribution < -0.4 is 0 Å². The van der Waals surface area contributed by atoms with Gasteiger partial charge in [0.15, 0.2) is 5.69 Å². The lowest BCUT2D eigenvalue weighted by atomic mass is 9.90. The van der Waals surface area contributed by atoms with Crippen molar-refractivity contribution in [2.45, 2.75) is 45.4 Å². The molecular formula is C16H19N3O2. The second-order valence-corrected chi connectivity index (χ2v) is 5.47. The van der Waals surface area contributed by atoms with Crippen molar-refractivity contribution >= 4 is 5.97 Å². The van der Waals surface area contributed by atoms with Crippen LogP contribution in [0.1, 0.15) is 53.5 Å². The third-order valence-electron chi connectivity index (χ3n) is 4.05. The molecule has 2 aromatic rings. The van der Waals surface area contributed by atoms with Crippen molar-refractivity contribution in [3.05, 3.63) is 40.7 Å². The van der Waals surface area contributed by atoms with Crippen LogP contribution in [0.15, 0.2) is 18.2 Å². The summed E-state index contributed by atoms with van der Waals surface area (Å²) >= 11 is 0. The van der Waals surface area contributed by atoms with E-state index in [9.17, 15) is 9.90 Å². The predicted molar refractivity (Wildman–Crippen MR) is 79.0 cm³/mol. The molecule has 110 valence electrons. The molecule has 0 fully saturated rings. The SMILES string of the molecule is CCCc1c(C(=O)O)nnn1-c1cccc2c1CCCC2. The number of aryl methyl sites for hydroxylation is 1. The minimum absolute atomic E-state index is 0.0743. The first-order chi connectivity index (χ1) is 10.2. The Balaban J connectivity index is 2.15. The Kier molecular flexibility index (Phi) is 3.73. The molecule has 0 saturated carbocycles. The van der Waals surface area contributed by atoms with Gasteiger partial charge in [0.05, 0.1) is 11.4 Å². The summed E-state index contributed by atoms with van der Waals surface area (Å²) in [6.45, 7) is 2.03. The fourth-order valence-corrected chi connectivity index (χ4v) is 3.08. The molecule has 0 saturated heterocycles. The molecule has 0 spiro atoms. The zero-order chi connectivity index (χ0) is 14.8. The van der Waals surface area contributed by atoms with Gasteiger partial charge in [-0.2, -0.15) is 0 Å². The summed E-state index contributed by atoms with van der Waals surface area (Å²) in [5.41, 5.74) is 4.42. The monoisotopic (exact) mass is 285 g/mol. The van der Waals surface area contributed by atoms with Gasteiger partial charge in [0.2, 0.25) is 0 Å². The zero-order valence-electron chi connectivity index (χ0n) is 12.2. The van der Waals surface area contributed by atoms with Gasteiger partial charge in [0.25, 0.3) is 0 Å². The molecule has 1 N–H and O–H groups in total. The highest BCUT2D eigenvalue weighted by Gasteiger charge is 2.22. The van der Waals surface area contributed by atoms with E-state index in [-0.39, 0.29) is 5.69 Å². The van der Waals surface area contributed by atoms with Crippen molar-refractivity contribution in [3.8, 4) is 5.69 Å². The minimum Gasteiger partial charge on any atom is -0.476 e. The van der Waals surface area contributed by atoms with E-state index in [1.54, 1.807) is 4.68 Å². The van der Waals surface area contributed by atoms with E-state index in [0.717, 1.165) is 24.9 Å². The average Bonchev–Trinajstić information content (AvgIpc) is 2.91. The lowest BCUT2D eigenvalue weighted by Gasteiger charge is -2.19. The topological polar surface area (TPSA) is 68.0 Å². The maximum atomic E-state index is 11.3. The van der Waals surface area contributed by atoms with Gasteiger partial charge in [0, 0.05) is 0 Å². The molecule has 1 heterocycles. The number of benzene rings is 1. The Labute approximate surface area is 123 Å². The van der Waals surface area contributed by atoms with Crippen molar-refractivity contribution < 1.29 is 9.90 Å². The molecule has 3 rings (SSSR count). The van der Waals surface area contributed by atoms with Crippen LogP contribution in [-0.4, -0.2) is 26.1 Å². The number of rotatable bonds is 4. The molecular weight excluding hydrogens is 266 g/mol. The van der Waals surface area contributed by atoms with Crippen LogP contribution in [0, 0.1) is 0 Å². The molecule has 0 radical (unpaired) electrons. The highest BCUT2D eigenvalue weighted by atomic mass is 16.4. The summed E-state index contributed by atoms with van der Waals surface area (Å²) in [6, 6.07) is 6.20. The Morgan fingerprint density at radius 1 is 1.33 bits per heavy atom. The lowest BCUT2D eigenvalue weighted by Crippen LogP contribution is -2.12. The summed E-state index contributed by atoms with van der Waals surface area (Å²) in [4.78, 5) is 11.3. The smallest absolute Gasteiger partial charge is 0.358 e. The van der Waals surface area contributed by atoms with Gasteiger partial charge in [-0.15, -0.1) is 5.10 Å². The number of carboxylic acid groups (broad SMARTS) is 1. The Bertz CT molecular complexity index is 676. The molecule has 0 amide bonds. The number of fused-ring (bicyclic) bond motifs is 1. The van der Waals surface area contributed by atoms with Gasteiger partial charge in [0.1, 0.15) is 0 Å². The predicted octanol–water partition coefficient (Wildman–Crippen LogP) is 2.80. The maximum Gasteiger partial charge on any atom is 0.358 e. The first-order valence-corrected chi connectivity index (χ1v) is 7.51. The fourth-order valence-electron chi connectivity index (χ4n) is 3.08. The number of carbonyl (C=O) groups is 1. The van der Waals surface area contributed by atoms with Crippen molar-refractivity contribution in [3.63, 3.8) is 0 Å². The number of aromatic carboxylic acids is 1. The molecule has 0 aliphatic heterocycles. The van der Waals surface area contributed by atoms with Crippen LogP contribution in [0.5, 0.6) is 0 Å². The minimum atomic E-state index is -1.01. The third-order valence-corrected chi connectivity index (χ3v) is 4.05. The summed E-state index contributed by atoms with van der Waals surface area (Å²) in [5.74, 6) is -1.01. The third kappa shape index (κ3) is 2.44. The van der Waals surface area contributed by atoms with Crippen molar-refractivity contribution in [2.24, 2.45) is 0 Å². The molecule has 21 heavy (non-hydrogen) atoms. The molecule has 0 atom stereocenters. The molecule has 1 aromatic carbocycles. The Morgan fingerprint density at radius 3 is 2.90 bits per heavy atom. The van der Waals surface area contributed by atoms with Gasteiger partial charge in [-0.25, -0.2) is 9.48 Å². The van der Waals surface area contributed by atoms with Crippen molar-refractivity contribution in [1.82, 2.24) is 15.0 Å². The summed E-state index contributed by atoms with van der Waals surface area (Å²) in [7, 11) is 0. The molecule has 1 aliphatic rings. The van der Waals surface area contributed by atoms with Gasteiger partial charge in [-0.05, 0) is 49.3 Å². The molecule has 5 heteroatoms. The second-order valence-electron chi connectivity index (χ2n) is 5.47. The Morgan fingerprint density at radius 2 is 2.14 bits per heavy atom. The van der Waals surface area contributed by atoms with Gasteiger partial charge in [-0.3, -0.25) is 0 Å². The van der Waals surface area contributed by atoms with Crippen LogP contribution in [0.2, 0.25) is 0 Å². The number of carboxylic acids is 1. The van der Waals surface area contributed by atoms with E-state index >= 15 is 0 Å². The summed E-state index contributed by atoms with van der Waals surface area (Å²) in [5, 5.41) is 17.3. The van der Waals surface area contributed by atoms with Gasteiger partial charge in [-0.1, -0.05) is 30.7 Å². The van der Waals surface area contributed by atoms with Crippen LogP contribution in [0.3, 0.4) is 0 Å². The van der Waals surface area contributed by atoms with E-state index in [4.69, 9.17) is 0 Å². The highest BCUT2D eigenvalue weighted by Crippen LogP contribution is 2.28. The molecule has 1 aliphatic carbocycles. The van der Waals surface area contributed by atoms with Crippen molar-refractivity contribution in [2.75, 3.05) is 0 Å². The Hall–Kier alpha value is -2.17. The largest absolute Gasteiger partial charge is 0.476 e. The first-order valence-electron chi connectivity index (χ1n) is 7.51. The molecule has 0 bridgehead atoms. The van der Waals surface area contributed by atoms with Gasteiger partial charge >= 0.3 is 5.97 Å². The second kappa shape index (κ2) is 5.68. The number of nitrogens with zero attached hydrogens (tertiary/aromatic N) is 3. The first kappa shape index (κ1) is 13.8.